The first-order valence-electron chi connectivity index (χ1n) is 14.1. The number of hydrogen-bond acceptors (Lipinski definition) is 7. The van der Waals surface area contributed by atoms with Crippen molar-refractivity contribution in [1.29, 1.82) is 0 Å². The lowest BCUT2D eigenvalue weighted by Gasteiger charge is -2.45. The van der Waals surface area contributed by atoms with E-state index in [4.69, 9.17) is 14.5 Å². The maximum absolute atomic E-state index is 15.3. The molecule has 8 heteroatoms. The second-order valence-corrected chi connectivity index (χ2v) is 11.7. The molecule has 3 aromatic rings. The van der Waals surface area contributed by atoms with E-state index in [1.165, 1.54) is 24.4 Å². The van der Waals surface area contributed by atoms with Crippen LogP contribution in [0.4, 0.5) is 21.5 Å². The standard InChI is InChI=1S/C33H39FN4O3/c1-22-9-7-10-24(19-22)36-15-17-37(18-16-36)32-35-31-25(11-8-12-26(31)34)27(21-30(39)41-6)38(32)28-20-23(33(2,3)4)13-14-29(28)40-5/h7-14,19-20,27H,15-18,21H2,1-6H3. The summed E-state index contributed by atoms with van der Waals surface area (Å²) in [4.78, 5) is 24.4. The fourth-order valence-electron chi connectivity index (χ4n) is 5.63. The number of benzene rings is 3. The van der Waals surface area contributed by atoms with Crippen molar-refractivity contribution in [2.75, 3.05) is 50.2 Å². The average molecular weight is 559 g/mol. The Labute approximate surface area is 242 Å². The Balaban J connectivity index is 1.63. The van der Waals surface area contributed by atoms with E-state index in [-0.39, 0.29) is 23.5 Å². The summed E-state index contributed by atoms with van der Waals surface area (Å²) in [6.45, 7) is 11.5. The van der Waals surface area contributed by atoms with Crippen LogP contribution in [0.25, 0.3) is 0 Å². The highest BCUT2D eigenvalue weighted by Crippen LogP contribution is 2.45. The van der Waals surface area contributed by atoms with Crippen LogP contribution in [0.5, 0.6) is 5.75 Å². The molecular formula is C33H39FN4O3. The maximum Gasteiger partial charge on any atom is 0.307 e. The number of carbonyl (C=O) groups is 1. The van der Waals surface area contributed by atoms with Gasteiger partial charge in [-0.3, -0.25) is 4.79 Å². The lowest BCUT2D eigenvalue weighted by Crippen LogP contribution is -2.55. The SMILES string of the molecule is COC(=O)CC1c2cccc(F)c2N=C(N2CCN(c3cccc(C)c3)CC2)N1c1cc(C(C)(C)C)ccc1OC. The minimum absolute atomic E-state index is 0.0259. The second-order valence-electron chi connectivity index (χ2n) is 11.7. The summed E-state index contributed by atoms with van der Waals surface area (Å²) in [5.41, 5.74) is 5.07. The summed E-state index contributed by atoms with van der Waals surface area (Å²) in [6, 6.07) is 19.0. The summed E-state index contributed by atoms with van der Waals surface area (Å²) in [6.07, 6.45) is 0.0259. The largest absolute Gasteiger partial charge is 0.495 e. The lowest BCUT2D eigenvalue weighted by atomic mass is 9.86. The third kappa shape index (κ3) is 5.73. The molecule has 0 N–H and O–H groups in total. The van der Waals surface area contributed by atoms with Crippen molar-refractivity contribution >= 4 is 29.0 Å². The third-order valence-electron chi connectivity index (χ3n) is 7.94. The van der Waals surface area contributed by atoms with Crippen molar-refractivity contribution < 1.29 is 18.7 Å². The van der Waals surface area contributed by atoms with Crippen LogP contribution in [0, 0.1) is 12.7 Å². The Morgan fingerprint density at radius 2 is 1.68 bits per heavy atom. The van der Waals surface area contributed by atoms with E-state index in [1.54, 1.807) is 13.2 Å². The predicted octanol–water partition coefficient (Wildman–Crippen LogP) is 6.37. The molecule has 2 aliphatic heterocycles. The van der Waals surface area contributed by atoms with Gasteiger partial charge in [0.05, 0.1) is 32.4 Å². The van der Waals surface area contributed by atoms with Crippen LogP contribution < -0.4 is 14.5 Å². The lowest BCUT2D eigenvalue weighted by molar-refractivity contribution is -0.141. The number of guanidine groups is 1. The highest BCUT2D eigenvalue weighted by molar-refractivity contribution is 6.02. The first-order valence-corrected chi connectivity index (χ1v) is 14.1. The van der Waals surface area contributed by atoms with Crippen molar-refractivity contribution in [2.45, 2.75) is 45.6 Å². The number of anilines is 2. The minimum atomic E-state index is -0.542. The summed E-state index contributed by atoms with van der Waals surface area (Å²) >= 11 is 0. The molecule has 0 saturated carbocycles. The smallest absolute Gasteiger partial charge is 0.307 e. The molecule has 5 rings (SSSR count). The number of carbonyl (C=O) groups excluding carboxylic acids is 1. The molecule has 216 valence electrons. The van der Waals surface area contributed by atoms with Crippen molar-refractivity contribution in [3.63, 3.8) is 0 Å². The fourth-order valence-corrected chi connectivity index (χ4v) is 5.63. The van der Waals surface area contributed by atoms with Gasteiger partial charge in [-0.2, -0.15) is 0 Å². The molecule has 0 spiro atoms. The van der Waals surface area contributed by atoms with E-state index >= 15 is 4.39 Å². The van der Waals surface area contributed by atoms with Gasteiger partial charge < -0.3 is 24.2 Å². The zero-order chi connectivity index (χ0) is 29.3. The van der Waals surface area contributed by atoms with Gasteiger partial charge in [0.15, 0.2) is 0 Å². The third-order valence-corrected chi connectivity index (χ3v) is 7.94. The Morgan fingerprint density at radius 1 is 0.976 bits per heavy atom. The molecule has 1 saturated heterocycles. The number of aryl methyl sites for hydroxylation is 1. The summed E-state index contributed by atoms with van der Waals surface area (Å²) in [5.74, 6) is 0.457. The van der Waals surface area contributed by atoms with Gasteiger partial charge in [-0.05, 0) is 53.8 Å². The van der Waals surface area contributed by atoms with Gasteiger partial charge in [-0.25, -0.2) is 9.38 Å². The Kier molecular flexibility index (Phi) is 7.93. The van der Waals surface area contributed by atoms with E-state index in [0.29, 0.717) is 30.4 Å². The monoisotopic (exact) mass is 558 g/mol. The normalized spacial score (nSPS) is 17.2. The van der Waals surface area contributed by atoms with Crippen LogP contribution in [-0.4, -0.2) is 57.2 Å². The number of rotatable bonds is 5. The minimum Gasteiger partial charge on any atom is -0.495 e. The number of ether oxygens (including phenoxy) is 2. The topological polar surface area (TPSA) is 57.6 Å². The fraction of sp³-hybridized carbons (Fsp3) is 0.394. The second kappa shape index (κ2) is 11.4. The van der Waals surface area contributed by atoms with E-state index in [0.717, 1.165) is 24.3 Å². The van der Waals surface area contributed by atoms with Gasteiger partial charge >= 0.3 is 5.97 Å². The van der Waals surface area contributed by atoms with E-state index < -0.39 is 11.9 Å². The molecular weight excluding hydrogens is 519 g/mol. The molecule has 3 aromatic carbocycles. The van der Waals surface area contributed by atoms with E-state index in [1.807, 2.05) is 12.1 Å². The quantitative estimate of drug-likeness (QED) is 0.339. The molecule has 0 amide bonds. The van der Waals surface area contributed by atoms with Crippen LogP contribution in [0.3, 0.4) is 0 Å². The van der Waals surface area contributed by atoms with Crippen molar-refractivity contribution in [2.24, 2.45) is 4.99 Å². The zero-order valence-corrected chi connectivity index (χ0v) is 24.8. The van der Waals surface area contributed by atoms with Gasteiger partial charge in [0.2, 0.25) is 5.96 Å². The zero-order valence-electron chi connectivity index (χ0n) is 24.8. The number of aliphatic imine (C=N–C) groups is 1. The van der Waals surface area contributed by atoms with Gasteiger partial charge in [0, 0.05) is 37.4 Å². The molecule has 0 radical (unpaired) electrons. The summed E-state index contributed by atoms with van der Waals surface area (Å²) in [7, 11) is 3.02. The average Bonchev–Trinajstić information content (AvgIpc) is 2.96. The molecule has 0 bridgehead atoms. The van der Waals surface area contributed by atoms with Crippen molar-refractivity contribution in [1.82, 2.24) is 4.90 Å². The molecule has 41 heavy (non-hydrogen) atoms. The molecule has 2 aliphatic rings. The number of nitrogens with zero attached hydrogens (tertiary/aromatic N) is 4. The van der Waals surface area contributed by atoms with Crippen LogP contribution >= 0.6 is 0 Å². The van der Waals surface area contributed by atoms with Crippen molar-refractivity contribution in [3.8, 4) is 5.75 Å². The van der Waals surface area contributed by atoms with Gasteiger partial charge in [0.25, 0.3) is 0 Å². The van der Waals surface area contributed by atoms with E-state index in [2.05, 4.69) is 78.8 Å². The Morgan fingerprint density at radius 3 is 2.34 bits per heavy atom. The molecule has 1 unspecified atom stereocenters. The number of methoxy groups -OCH3 is 2. The van der Waals surface area contributed by atoms with Gasteiger partial charge in [-0.1, -0.05) is 51.1 Å². The number of fused-ring (bicyclic) bond motifs is 1. The predicted molar refractivity (Wildman–Crippen MR) is 162 cm³/mol. The van der Waals surface area contributed by atoms with Crippen LogP contribution in [0.15, 0.2) is 65.7 Å². The highest BCUT2D eigenvalue weighted by atomic mass is 19.1. The molecule has 1 atom stereocenters. The molecule has 0 aliphatic carbocycles. The molecule has 0 aromatic heterocycles. The van der Waals surface area contributed by atoms with Gasteiger partial charge in [-0.15, -0.1) is 0 Å². The highest BCUT2D eigenvalue weighted by Gasteiger charge is 2.39. The Bertz CT molecular complexity index is 1460. The number of halogens is 1. The number of hydrogen-bond donors (Lipinski definition) is 0. The van der Waals surface area contributed by atoms with Crippen LogP contribution in [0.2, 0.25) is 0 Å². The summed E-state index contributed by atoms with van der Waals surface area (Å²) < 4.78 is 26.3. The Hall–Kier alpha value is -4.07. The molecule has 7 nitrogen and oxygen atoms in total. The number of para-hydroxylation sites is 1. The molecule has 1 fully saturated rings. The first kappa shape index (κ1) is 28.5. The van der Waals surface area contributed by atoms with Crippen LogP contribution in [-0.2, 0) is 14.9 Å². The summed E-state index contributed by atoms with van der Waals surface area (Å²) in [5, 5.41) is 0. The first-order chi connectivity index (χ1) is 19.6. The molecule has 2 heterocycles. The van der Waals surface area contributed by atoms with Crippen LogP contribution in [0.1, 0.15) is 49.9 Å². The van der Waals surface area contributed by atoms with E-state index in [9.17, 15) is 4.79 Å². The van der Waals surface area contributed by atoms with Crippen molar-refractivity contribution in [3.05, 3.63) is 83.2 Å². The number of piperazine rings is 1. The van der Waals surface area contributed by atoms with Gasteiger partial charge in [0.1, 0.15) is 17.3 Å². The maximum atomic E-state index is 15.3. The number of esters is 1.